The Balaban J connectivity index is 2.45. The third kappa shape index (κ3) is 6.65. The van der Waals surface area contributed by atoms with Crippen molar-refractivity contribution in [2.24, 2.45) is 0 Å². The standard InChI is InChI=1S/C20H35N/c1-6-7-8-9-10-11-12-19(21-5)17-13-15-18(16-14-17)20(2,3)4/h13-16,19,21H,6-12H2,1-5H3. The van der Waals surface area contributed by atoms with Crippen LogP contribution in [0.4, 0.5) is 0 Å². The van der Waals surface area contributed by atoms with Gasteiger partial charge in [0.25, 0.3) is 0 Å². The van der Waals surface area contributed by atoms with Gasteiger partial charge >= 0.3 is 0 Å². The molecule has 0 heterocycles. The summed E-state index contributed by atoms with van der Waals surface area (Å²) in [6.45, 7) is 9.09. The zero-order valence-corrected chi connectivity index (χ0v) is 14.8. The van der Waals surface area contributed by atoms with Crippen LogP contribution < -0.4 is 5.32 Å². The molecule has 0 radical (unpaired) electrons. The topological polar surface area (TPSA) is 12.0 Å². The second-order valence-electron chi connectivity index (χ2n) is 7.27. The lowest BCUT2D eigenvalue weighted by molar-refractivity contribution is 0.497. The highest BCUT2D eigenvalue weighted by Crippen LogP contribution is 2.25. The van der Waals surface area contributed by atoms with Gasteiger partial charge in [-0.25, -0.2) is 0 Å². The van der Waals surface area contributed by atoms with Crippen molar-refractivity contribution in [2.75, 3.05) is 7.05 Å². The molecule has 0 aliphatic carbocycles. The summed E-state index contributed by atoms with van der Waals surface area (Å²) in [5.41, 5.74) is 3.09. The van der Waals surface area contributed by atoms with Crippen LogP contribution in [-0.2, 0) is 5.41 Å². The molecule has 120 valence electrons. The molecule has 0 aliphatic rings. The van der Waals surface area contributed by atoms with Gasteiger partial charge in [0.2, 0.25) is 0 Å². The van der Waals surface area contributed by atoms with Crippen LogP contribution in [0, 0.1) is 0 Å². The maximum atomic E-state index is 3.48. The fraction of sp³-hybridized carbons (Fsp3) is 0.700. The largest absolute Gasteiger partial charge is 0.313 e. The molecule has 1 aromatic rings. The minimum absolute atomic E-state index is 0.243. The molecule has 0 amide bonds. The summed E-state index contributed by atoms with van der Waals surface area (Å²) < 4.78 is 0. The minimum Gasteiger partial charge on any atom is -0.313 e. The molecule has 1 heteroatoms. The van der Waals surface area contributed by atoms with Gasteiger partial charge in [-0.2, -0.15) is 0 Å². The summed E-state index contributed by atoms with van der Waals surface area (Å²) in [5, 5.41) is 3.48. The van der Waals surface area contributed by atoms with Gasteiger partial charge in [-0.05, 0) is 30.0 Å². The molecule has 1 N–H and O–H groups in total. The van der Waals surface area contributed by atoms with Crippen LogP contribution in [0.2, 0.25) is 0 Å². The van der Waals surface area contributed by atoms with Crippen molar-refractivity contribution in [1.82, 2.24) is 5.32 Å². The third-order valence-corrected chi connectivity index (χ3v) is 4.37. The van der Waals surface area contributed by atoms with Gasteiger partial charge in [0.15, 0.2) is 0 Å². The Morgan fingerprint density at radius 1 is 0.905 bits per heavy atom. The molecule has 0 fully saturated rings. The van der Waals surface area contributed by atoms with Crippen molar-refractivity contribution in [3.05, 3.63) is 35.4 Å². The number of hydrogen-bond acceptors (Lipinski definition) is 1. The summed E-state index contributed by atoms with van der Waals surface area (Å²) >= 11 is 0. The van der Waals surface area contributed by atoms with Crippen molar-refractivity contribution in [2.45, 2.75) is 84.1 Å². The lowest BCUT2D eigenvalue weighted by Crippen LogP contribution is -2.17. The molecular formula is C20H35N. The average Bonchev–Trinajstić information content (AvgIpc) is 2.46. The molecule has 0 spiro atoms. The monoisotopic (exact) mass is 289 g/mol. The molecule has 1 aromatic carbocycles. The van der Waals surface area contributed by atoms with E-state index >= 15 is 0 Å². The first-order valence-corrected chi connectivity index (χ1v) is 8.76. The highest BCUT2D eigenvalue weighted by atomic mass is 14.9. The van der Waals surface area contributed by atoms with Crippen LogP contribution in [-0.4, -0.2) is 7.05 Å². The van der Waals surface area contributed by atoms with E-state index in [1.165, 1.54) is 56.1 Å². The summed E-state index contributed by atoms with van der Waals surface area (Å²) in [6.07, 6.45) is 9.48. The Hall–Kier alpha value is -0.820. The van der Waals surface area contributed by atoms with Gasteiger partial charge in [0.05, 0.1) is 0 Å². The van der Waals surface area contributed by atoms with Crippen LogP contribution in [0.15, 0.2) is 24.3 Å². The zero-order valence-electron chi connectivity index (χ0n) is 14.8. The Labute approximate surface area is 132 Å². The molecule has 0 aromatic heterocycles. The highest BCUT2D eigenvalue weighted by molar-refractivity contribution is 5.29. The number of rotatable bonds is 9. The van der Waals surface area contributed by atoms with Crippen molar-refractivity contribution in [1.29, 1.82) is 0 Å². The number of benzene rings is 1. The SMILES string of the molecule is CCCCCCCCC(NC)c1ccc(C(C)(C)C)cc1. The van der Waals surface area contributed by atoms with Gasteiger partial charge in [-0.1, -0.05) is 90.5 Å². The first kappa shape index (κ1) is 18.2. The average molecular weight is 290 g/mol. The predicted molar refractivity (Wildman–Crippen MR) is 94.9 cm³/mol. The molecule has 0 saturated carbocycles. The van der Waals surface area contributed by atoms with Gasteiger partial charge in [-0.15, -0.1) is 0 Å². The fourth-order valence-corrected chi connectivity index (χ4v) is 2.82. The lowest BCUT2D eigenvalue weighted by atomic mass is 9.86. The molecule has 0 saturated heterocycles. The fourth-order valence-electron chi connectivity index (χ4n) is 2.82. The molecule has 0 bridgehead atoms. The molecule has 21 heavy (non-hydrogen) atoms. The molecule has 0 aliphatic heterocycles. The van der Waals surface area contributed by atoms with Crippen LogP contribution in [0.1, 0.15) is 89.8 Å². The van der Waals surface area contributed by atoms with Crippen molar-refractivity contribution in [3.63, 3.8) is 0 Å². The molecule has 1 nitrogen and oxygen atoms in total. The van der Waals surface area contributed by atoms with Crippen molar-refractivity contribution >= 4 is 0 Å². The van der Waals surface area contributed by atoms with Crippen LogP contribution in [0.25, 0.3) is 0 Å². The summed E-state index contributed by atoms with van der Waals surface area (Å²) in [7, 11) is 2.08. The van der Waals surface area contributed by atoms with E-state index in [2.05, 4.69) is 64.3 Å². The Bertz CT molecular complexity index is 372. The zero-order chi connectivity index (χ0) is 15.7. The quantitative estimate of drug-likeness (QED) is 0.550. The van der Waals surface area contributed by atoms with E-state index in [0.717, 1.165) is 0 Å². The van der Waals surface area contributed by atoms with Crippen LogP contribution in [0.3, 0.4) is 0 Å². The number of hydrogen-bond donors (Lipinski definition) is 1. The molecule has 1 atom stereocenters. The normalized spacial score (nSPS) is 13.4. The van der Waals surface area contributed by atoms with Crippen molar-refractivity contribution in [3.8, 4) is 0 Å². The van der Waals surface area contributed by atoms with Gasteiger partial charge in [0, 0.05) is 6.04 Å². The first-order valence-electron chi connectivity index (χ1n) is 8.76. The van der Waals surface area contributed by atoms with Crippen LogP contribution >= 0.6 is 0 Å². The maximum Gasteiger partial charge on any atom is 0.0317 e. The Morgan fingerprint density at radius 2 is 1.48 bits per heavy atom. The van der Waals surface area contributed by atoms with Crippen molar-refractivity contribution < 1.29 is 0 Å². The maximum absolute atomic E-state index is 3.48. The number of nitrogens with one attached hydrogen (secondary N) is 1. The van der Waals surface area contributed by atoms with E-state index in [0.29, 0.717) is 6.04 Å². The second-order valence-corrected chi connectivity index (χ2v) is 7.27. The predicted octanol–water partition coefficient (Wildman–Crippen LogP) is 6.00. The smallest absolute Gasteiger partial charge is 0.0317 e. The third-order valence-electron chi connectivity index (χ3n) is 4.37. The van der Waals surface area contributed by atoms with E-state index in [1.54, 1.807) is 0 Å². The first-order chi connectivity index (χ1) is 9.99. The summed E-state index contributed by atoms with van der Waals surface area (Å²) in [6, 6.07) is 9.70. The summed E-state index contributed by atoms with van der Waals surface area (Å²) in [4.78, 5) is 0. The van der Waals surface area contributed by atoms with E-state index < -0.39 is 0 Å². The van der Waals surface area contributed by atoms with E-state index in [4.69, 9.17) is 0 Å². The van der Waals surface area contributed by atoms with E-state index in [-0.39, 0.29) is 5.41 Å². The number of unbranched alkanes of at least 4 members (excludes halogenated alkanes) is 5. The van der Waals surface area contributed by atoms with Gasteiger partial charge in [0.1, 0.15) is 0 Å². The Kier molecular flexibility index (Phi) is 8.03. The highest BCUT2D eigenvalue weighted by Gasteiger charge is 2.14. The Morgan fingerprint density at radius 3 is 2.00 bits per heavy atom. The van der Waals surface area contributed by atoms with Gasteiger partial charge < -0.3 is 5.32 Å². The summed E-state index contributed by atoms with van der Waals surface area (Å²) in [5.74, 6) is 0. The lowest BCUT2D eigenvalue weighted by Gasteiger charge is -2.21. The molecule has 1 rings (SSSR count). The van der Waals surface area contributed by atoms with E-state index in [1.807, 2.05) is 0 Å². The van der Waals surface area contributed by atoms with Crippen LogP contribution in [0.5, 0.6) is 0 Å². The minimum atomic E-state index is 0.243. The second kappa shape index (κ2) is 9.25. The molecule has 1 unspecified atom stereocenters. The van der Waals surface area contributed by atoms with E-state index in [9.17, 15) is 0 Å². The molecular weight excluding hydrogens is 254 g/mol. The van der Waals surface area contributed by atoms with Gasteiger partial charge in [-0.3, -0.25) is 0 Å².